The van der Waals surface area contributed by atoms with E-state index in [1.165, 1.54) is 4.90 Å². The molecule has 0 bridgehead atoms. The number of hydrogen-bond donors (Lipinski definition) is 1. The van der Waals surface area contributed by atoms with E-state index in [0.717, 1.165) is 44.8 Å². The SMILES string of the molecule is CCCNC(=O)[C@H](Cc1ccccc1)N(Cc1cccc(C)c1)C(=O)CN(c1ccc(C)cc1C)S(C)(=O)=O. The molecule has 0 aliphatic carbocycles. The third kappa shape index (κ3) is 8.42. The van der Waals surface area contributed by atoms with E-state index in [0.29, 0.717) is 18.7 Å². The zero-order valence-corrected chi connectivity index (χ0v) is 24.3. The van der Waals surface area contributed by atoms with E-state index in [1.54, 1.807) is 6.07 Å². The fraction of sp³-hybridized carbons (Fsp3) is 0.355. The second kappa shape index (κ2) is 13.4. The van der Waals surface area contributed by atoms with Gasteiger partial charge in [-0.25, -0.2) is 8.42 Å². The maximum atomic E-state index is 14.1. The number of nitrogens with zero attached hydrogens (tertiary/aromatic N) is 2. The van der Waals surface area contributed by atoms with Crippen LogP contribution in [0.3, 0.4) is 0 Å². The molecule has 1 atom stereocenters. The Hall–Kier alpha value is -3.65. The van der Waals surface area contributed by atoms with Crippen molar-refractivity contribution < 1.29 is 18.0 Å². The van der Waals surface area contributed by atoms with Crippen molar-refractivity contribution in [2.24, 2.45) is 0 Å². The van der Waals surface area contributed by atoms with Gasteiger partial charge in [-0.05, 0) is 49.9 Å². The molecule has 0 fully saturated rings. The number of hydrogen-bond acceptors (Lipinski definition) is 4. The molecule has 0 spiro atoms. The third-order valence-corrected chi connectivity index (χ3v) is 7.68. The average Bonchev–Trinajstić information content (AvgIpc) is 2.88. The summed E-state index contributed by atoms with van der Waals surface area (Å²) in [4.78, 5) is 29.1. The predicted molar refractivity (Wildman–Crippen MR) is 157 cm³/mol. The normalized spacial score (nSPS) is 12.0. The summed E-state index contributed by atoms with van der Waals surface area (Å²) in [5.74, 6) is -0.714. The Morgan fingerprint density at radius 1 is 0.872 bits per heavy atom. The Balaban J connectivity index is 2.06. The molecule has 3 rings (SSSR count). The number of amides is 2. The number of carbonyl (C=O) groups is 2. The first kappa shape index (κ1) is 29.9. The summed E-state index contributed by atoms with van der Waals surface area (Å²) in [6, 6.07) is 21.9. The highest BCUT2D eigenvalue weighted by Crippen LogP contribution is 2.25. The Kier molecular flexibility index (Phi) is 10.3. The summed E-state index contributed by atoms with van der Waals surface area (Å²) < 4.78 is 27.0. The van der Waals surface area contributed by atoms with E-state index in [2.05, 4.69) is 5.32 Å². The minimum Gasteiger partial charge on any atom is -0.354 e. The van der Waals surface area contributed by atoms with Gasteiger partial charge in [-0.3, -0.25) is 13.9 Å². The van der Waals surface area contributed by atoms with Crippen LogP contribution < -0.4 is 9.62 Å². The second-order valence-corrected chi connectivity index (χ2v) is 12.0. The van der Waals surface area contributed by atoms with E-state index in [9.17, 15) is 18.0 Å². The molecule has 8 heteroatoms. The van der Waals surface area contributed by atoms with Crippen LogP contribution in [0.15, 0.2) is 72.8 Å². The number of carbonyl (C=O) groups excluding carboxylic acids is 2. The van der Waals surface area contributed by atoms with Crippen LogP contribution >= 0.6 is 0 Å². The van der Waals surface area contributed by atoms with Crippen LogP contribution in [0.2, 0.25) is 0 Å². The first-order chi connectivity index (χ1) is 18.5. The summed E-state index contributed by atoms with van der Waals surface area (Å²) in [5, 5.41) is 2.95. The summed E-state index contributed by atoms with van der Waals surface area (Å²) in [7, 11) is -3.80. The van der Waals surface area contributed by atoms with Crippen LogP contribution in [0.4, 0.5) is 5.69 Å². The van der Waals surface area contributed by atoms with E-state index in [-0.39, 0.29) is 12.5 Å². The Morgan fingerprint density at radius 2 is 1.54 bits per heavy atom. The van der Waals surface area contributed by atoms with Crippen LogP contribution in [0.1, 0.15) is 41.2 Å². The minimum atomic E-state index is -3.80. The molecule has 0 radical (unpaired) electrons. The van der Waals surface area contributed by atoms with Gasteiger partial charge in [0.2, 0.25) is 21.8 Å². The summed E-state index contributed by atoms with van der Waals surface area (Å²) in [6.45, 7) is 7.93. The standard InChI is InChI=1S/C31H39N3O4S/c1-6-17-32-31(36)29(20-26-12-8-7-9-13-26)33(21-27-14-10-11-23(2)19-27)30(35)22-34(39(5,37)38)28-16-15-24(3)18-25(28)4/h7-16,18-19,29H,6,17,20-22H2,1-5H3,(H,32,36)/t29-/m0/s1. The molecular weight excluding hydrogens is 510 g/mol. The molecule has 7 nitrogen and oxygen atoms in total. The van der Waals surface area contributed by atoms with E-state index in [4.69, 9.17) is 0 Å². The third-order valence-electron chi connectivity index (χ3n) is 6.56. The fourth-order valence-electron chi connectivity index (χ4n) is 4.61. The zero-order chi connectivity index (χ0) is 28.6. The number of rotatable bonds is 12. The van der Waals surface area contributed by atoms with E-state index >= 15 is 0 Å². The molecule has 0 saturated heterocycles. The molecule has 1 N–H and O–H groups in total. The first-order valence-corrected chi connectivity index (χ1v) is 15.1. The Morgan fingerprint density at radius 3 is 2.15 bits per heavy atom. The van der Waals surface area contributed by atoms with E-state index < -0.39 is 28.5 Å². The number of aryl methyl sites for hydroxylation is 3. The average molecular weight is 550 g/mol. The number of sulfonamides is 1. The van der Waals surface area contributed by atoms with Crippen molar-refractivity contribution in [1.29, 1.82) is 0 Å². The Bertz CT molecular complexity index is 1390. The van der Waals surface area contributed by atoms with Crippen LogP contribution in [-0.4, -0.2) is 50.5 Å². The van der Waals surface area contributed by atoms with Crippen molar-refractivity contribution in [3.05, 3.63) is 101 Å². The van der Waals surface area contributed by atoms with Crippen molar-refractivity contribution in [2.75, 3.05) is 23.7 Å². The van der Waals surface area contributed by atoms with E-state index in [1.807, 2.05) is 94.4 Å². The van der Waals surface area contributed by atoms with Crippen molar-refractivity contribution in [3.63, 3.8) is 0 Å². The van der Waals surface area contributed by atoms with Gasteiger partial charge in [0.1, 0.15) is 12.6 Å². The monoisotopic (exact) mass is 549 g/mol. The first-order valence-electron chi connectivity index (χ1n) is 13.2. The van der Waals surface area contributed by atoms with Gasteiger partial charge >= 0.3 is 0 Å². The predicted octanol–water partition coefficient (Wildman–Crippen LogP) is 4.54. The molecule has 0 aliphatic heterocycles. The highest BCUT2D eigenvalue weighted by Gasteiger charge is 2.33. The van der Waals surface area contributed by atoms with Gasteiger partial charge in [-0.2, -0.15) is 0 Å². The van der Waals surface area contributed by atoms with Crippen molar-refractivity contribution >= 4 is 27.5 Å². The van der Waals surface area contributed by atoms with Gasteiger partial charge in [-0.1, -0.05) is 84.8 Å². The highest BCUT2D eigenvalue weighted by atomic mass is 32.2. The van der Waals surface area contributed by atoms with Crippen molar-refractivity contribution in [1.82, 2.24) is 10.2 Å². The van der Waals surface area contributed by atoms with Crippen molar-refractivity contribution in [3.8, 4) is 0 Å². The van der Waals surface area contributed by atoms with Crippen LogP contribution in [0.5, 0.6) is 0 Å². The molecule has 3 aromatic carbocycles. The lowest BCUT2D eigenvalue weighted by molar-refractivity contribution is -0.140. The second-order valence-electron chi connectivity index (χ2n) is 10.1. The summed E-state index contributed by atoms with van der Waals surface area (Å²) in [5.41, 5.74) is 4.99. The maximum absolute atomic E-state index is 14.1. The smallest absolute Gasteiger partial charge is 0.244 e. The maximum Gasteiger partial charge on any atom is 0.244 e. The largest absolute Gasteiger partial charge is 0.354 e. The molecule has 0 aromatic heterocycles. The van der Waals surface area contributed by atoms with Gasteiger partial charge in [0.05, 0.1) is 11.9 Å². The number of anilines is 1. The summed E-state index contributed by atoms with van der Waals surface area (Å²) in [6.07, 6.45) is 2.15. The molecule has 3 aromatic rings. The van der Waals surface area contributed by atoms with Gasteiger partial charge in [0.25, 0.3) is 0 Å². The Labute approximate surface area is 232 Å². The minimum absolute atomic E-state index is 0.169. The quantitative estimate of drug-likeness (QED) is 0.359. The van der Waals surface area contributed by atoms with Crippen LogP contribution in [-0.2, 0) is 32.6 Å². The molecular formula is C31H39N3O4S. The van der Waals surface area contributed by atoms with Gasteiger partial charge in [0.15, 0.2) is 0 Å². The fourth-order valence-corrected chi connectivity index (χ4v) is 5.51. The highest BCUT2D eigenvalue weighted by molar-refractivity contribution is 7.92. The lowest BCUT2D eigenvalue weighted by Crippen LogP contribution is -2.53. The molecule has 0 heterocycles. The van der Waals surface area contributed by atoms with Gasteiger partial charge in [-0.15, -0.1) is 0 Å². The van der Waals surface area contributed by atoms with Crippen LogP contribution in [0.25, 0.3) is 0 Å². The lowest BCUT2D eigenvalue weighted by Gasteiger charge is -2.34. The molecule has 0 unspecified atom stereocenters. The molecule has 208 valence electrons. The zero-order valence-electron chi connectivity index (χ0n) is 23.5. The molecule has 39 heavy (non-hydrogen) atoms. The number of nitrogens with one attached hydrogen (secondary N) is 1. The summed E-state index contributed by atoms with van der Waals surface area (Å²) >= 11 is 0. The molecule has 0 saturated carbocycles. The van der Waals surface area contributed by atoms with Gasteiger partial charge in [0, 0.05) is 19.5 Å². The number of benzene rings is 3. The van der Waals surface area contributed by atoms with Crippen molar-refractivity contribution in [2.45, 2.75) is 53.1 Å². The lowest BCUT2D eigenvalue weighted by atomic mass is 10.0. The molecule has 2 amide bonds. The topological polar surface area (TPSA) is 86.8 Å². The molecule has 0 aliphatic rings. The van der Waals surface area contributed by atoms with Gasteiger partial charge < -0.3 is 10.2 Å². The van der Waals surface area contributed by atoms with Crippen LogP contribution in [0, 0.1) is 20.8 Å².